The van der Waals surface area contributed by atoms with Gasteiger partial charge in [0, 0.05) is 4.47 Å². The van der Waals surface area contributed by atoms with E-state index in [9.17, 15) is 5.11 Å². The molecule has 1 aliphatic rings. The molecule has 0 bridgehead atoms. The van der Waals surface area contributed by atoms with Crippen molar-refractivity contribution < 1.29 is 5.11 Å². The Hall–Kier alpha value is -0.340. The van der Waals surface area contributed by atoms with E-state index in [1.54, 1.807) is 0 Å². The first-order valence-electron chi connectivity index (χ1n) is 4.11. The van der Waals surface area contributed by atoms with Crippen molar-refractivity contribution in [2.75, 3.05) is 0 Å². The SMILES string of the molecule is Cc1ccc(C2(O)CC2)c(Br)c1. The highest BCUT2D eigenvalue weighted by atomic mass is 79.9. The zero-order chi connectivity index (χ0) is 8.77. The first kappa shape index (κ1) is 8.27. The summed E-state index contributed by atoms with van der Waals surface area (Å²) in [4.78, 5) is 0. The van der Waals surface area contributed by atoms with Crippen LogP contribution in [0.3, 0.4) is 0 Å². The maximum atomic E-state index is 9.84. The van der Waals surface area contributed by atoms with Gasteiger partial charge >= 0.3 is 0 Å². The molecule has 0 amide bonds. The predicted molar refractivity (Wildman–Crippen MR) is 52.0 cm³/mol. The minimum Gasteiger partial charge on any atom is -0.385 e. The van der Waals surface area contributed by atoms with Gasteiger partial charge in [0.2, 0.25) is 0 Å². The molecular formula is C10H11BrO. The van der Waals surface area contributed by atoms with Crippen molar-refractivity contribution in [1.29, 1.82) is 0 Å². The van der Waals surface area contributed by atoms with Crippen LogP contribution in [0.15, 0.2) is 22.7 Å². The maximum absolute atomic E-state index is 9.84. The second kappa shape index (κ2) is 2.57. The molecule has 1 aromatic carbocycles. The van der Waals surface area contributed by atoms with Gasteiger partial charge < -0.3 is 5.11 Å². The molecule has 0 aliphatic heterocycles. The Morgan fingerprint density at radius 1 is 1.42 bits per heavy atom. The number of hydrogen-bond acceptors (Lipinski definition) is 1. The third-order valence-corrected chi connectivity index (χ3v) is 3.01. The van der Waals surface area contributed by atoms with Gasteiger partial charge in [-0.3, -0.25) is 0 Å². The van der Waals surface area contributed by atoms with Gasteiger partial charge in [-0.2, -0.15) is 0 Å². The van der Waals surface area contributed by atoms with Crippen molar-refractivity contribution in [3.63, 3.8) is 0 Å². The molecule has 12 heavy (non-hydrogen) atoms. The summed E-state index contributed by atoms with van der Waals surface area (Å²) in [6.45, 7) is 2.05. The van der Waals surface area contributed by atoms with Crippen LogP contribution in [0.25, 0.3) is 0 Å². The van der Waals surface area contributed by atoms with E-state index in [1.165, 1.54) is 5.56 Å². The summed E-state index contributed by atoms with van der Waals surface area (Å²) in [5.74, 6) is 0. The Balaban J connectivity index is 2.45. The van der Waals surface area contributed by atoms with Crippen molar-refractivity contribution in [3.8, 4) is 0 Å². The smallest absolute Gasteiger partial charge is 0.0909 e. The molecular weight excluding hydrogens is 216 g/mol. The van der Waals surface area contributed by atoms with Crippen molar-refractivity contribution in [2.45, 2.75) is 25.4 Å². The van der Waals surface area contributed by atoms with Crippen LogP contribution >= 0.6 is 15.9 Å². The molecule has 0 radical (unpaired) electrons. The number of aliphatic hydroxyl groups is 1. The van der Waals surface area contributed by atoms with Gasteiger partial charge in [0.05, 0.1) is 5.60 Å². The van der Waals surface area contributed by atoms with Gasteiger partial charge in [0.25, 0.3) is 0 Å². The molecule has 0 saturated heterocycles. The molecule has 2 heteroatoms. The topological polar surface area (TPSA) is 20.2 Å². The maximum Gasteiger partial charge on any atom is 0.0909 e. The summed E-state index contributed by atoms with van der Waals surface area (Å²) in [5.41, 5.74) is 1.73. The van der Waals surface area contributed by atoms with Gasteiger partial charge in [-0.25, -0.2) is 0 Å². The lowest BCUT2D eigenvalue weighted by atomic mass is 10.1. The van der Waals surface area contributed by atoms with Crippen molar-refractivity contribution in [3.05, 3.63) is 33.8 Å². The Labute approximate surface area is 80.5 Å². The molecule has 0 spiro atoms. The Morgan fingerprint density at radius 3 is 2.58 bits per heavy atom. The second-order valence-corrected chi connectivity index (χ2v) is 4.37. The Kier molecular flexibility index (Phi) is 1.77. The third-order valence-electron chi connectivity index (χ3n) is 2.35. The van der Waals surface area contributed by atoms with Crippen LogP contribution in [0, 0.1) is 6.92 Å². The molecule has 1 nitrogen and oxygen atoms in total. The number of aryl methyl sites for hydroxylation is 1. The first-order valence-corrected chi connectivity index (χ1v) is 4.90. The molecule has 0 atom stereocenters. The quantitative estimate of drug-likeness (QED) is 0.782. The van der Waals surface area contributed by atoms with Crippen LogP contribution in [0.4, 0.5) is 0 Å². The van der Waals surface area contributed by atoms with Gasteiger partial charge in [0.15, 0.2) is 0 Å². The lowest BCUT2D eigenvalue weighted by Crippen LogP contribution is -2.04. The monoisotopic (exact) mass is 226 g/mol. The van der Waals surface area contributed by atoms with Gasteiger partial charge in [-0.05, 0) is 37.0 Å². The predicted octanol–water partition coefficient (Wildman–Crippen LogP) is 2.74. The molecule has 0 aromatic heterocycles. The standard InChI is InChI=1S/C10H11BrO/c1-7-2-3-8(9(11)6-7)10(12)4-5-10/h2-3,6,12H,4-5H2,1H3. The average Bonchev–Trinajstić information content (AvgIpc) is 2.68. The lowest BCUT2D eigenvalue weighted by molar-refractivity contribution is 0.150. The van der Waals surface area contributed by atoms with E-state index in [1.807, 2.05) is 25.1 Å². The zero-order valence-corrected chi connectivity index (χ0v) is 8.56. The fraction of sp³-hybridized carbons (Fsp3) is 0.400. The van der Waals surface area contributed by atoms with E-state index in [-0.39, 0.29) is 0 Å². The highest BCUT2D eigenvalue weighted by Crippen LogP contribution is 2.47. The summed E-state index contributed by atoms with van der Waals surface area (Å²) in [6, 6.07) is 6.09. The minimum absolute atomic E-state index is 0.521. The molecule has 0 unspecified atom stereocenters. The van der Waals surface area contributed by atoms with E-state index in [0.717, 1.165) is 22.9 Å². The Morgan fingerprint density at radius 2 is 2.08 bits per heavy atom. The van der Waals surface area contributed by atoms with Crippen molar-refractivity contribution >= 4 is 15.9 Å². The number of rotatable bonds is 1. The van der Waals surface area contributed by atoms with E-state index in [0.29, 0.717) is 0 Å². The normalized spacial score (nSPS) is 19.2. The summed E-state index contributed by atoms with van der Waals surface area (Å²) in [7, 11) is 0. The van der Waals surface area contributed by atoms with Crippen LogP contribution in [0.5, 0.6) is 0 Å². The van der Waals surface area contributed by atoms with E-state index < -0.39 is 5.60 Å². The van der Waals surface area contributed by atoms with E-state index >= 15 is 0 Å². The fourth-order valence-electron chi connectivity index (χ4n) is 1.39. The zero-order valence-electron chi connectivity index (χ0n) is 6.97. The highest BCUT2D eigenvalue weighted by Gasteiger charge is 2.43. The number of hydrogen-bond donors (Lipinski definition) is 1. The van der Waals surface area contributed by atoms with E-state index in [2.05, 4.69) is 15.9 Å². The molecule has 2 rings (SSSR count). The van der Waals surface area contributed by atoms with Crippen LogP contribution in [-0.2, 0) is 5.60 Å². The summed E-state index contributed by atoms with van der Waals surface area (Å²) < 4.78 is 1.03. The van der Waals surface area contributed by atoms with E-state index in [4.69, 9.17) is 0 Å². The average molecular weight is 227 g/mol. The molecule has 1 saturated carbocycles. The fourth-order valence-corrected chi connectivity index (χ4v) is 2.25. The molecule has 1 fully saturated rings. The summed E-state index contributed by atoms with van der Waals surface area (Å²) >= 11 is 3.46. The van der Waals surface area contributed by atoms with Crippen LogP contribution in [-0.4, -0.2) is 5.11 Å². The van der Waals surface area contributed by atoms with Crippen LogP contribution in [0.1, 0.15) is 24.0 Å². The largest absolute Gasteiger partial charge is 0.385 e. The summed E-state index contributed by atoms with van der Waals surface area (Å²) in [6.07, 6.45) is 1.79. The van der Waals surface area contributed by atoms with Gasteiger partial charge in [-0.15, -0.1) is 0 Å². The highest BCUT2D eigenvalue weighted by molar-refractivity contribution is 9.10. The van der Waals surface area contributed by atoms with Gasteiger partial charge in [0.1, 0.15) is 0 Å². The Bertz CT molecular complexity index is 316. The molecule has 1 aromatic rings. The van der Waals surface area contributed by atoms with Crippen LogP contribution in [0.2, 0.25) is 0 Å². The number of halogens is 1. The molecule has 1 aliphatic carbocycles. The first-order chi connectivity index (χ1) is 5.62. The third kappa shape index (κ3) is 1.29. The lowest BCUT2D eigenvalue weighted by Gasteiger charge is -2.10. The van der Waals surface area contributed by atoms with Crippen molar-refractivity contribution in [2.24, 2.45) is 0 Å². The van der Waals surface area contributed by atoms with Crippen molar-refractivity contribution in [1.82, 2.24) is 0 Å². The van der Waals surface area contributed by atoms with Crippen LogP contribution < -0.4 is 0 Å². The van der Waals surface area contributed by atoms with Gasteiger partial charge in [-0.1, -0.05) is 28.1 Å². The molecule has 1 N–H and O–H groups in total. The second-order valence-electron chi connectivity index (χ2n) is 3.51. The number of benzene rings is 1. The molecule has 64 valence electrons. The molecule has 0 heterocycles. The summed E-state index contributed by atoms with van der Waals surface area (Å²) in [5, 5.41) is 9.84. The minimum atomic E-state index is -0.521.